The number of carbonyl (C=O) groups excluding carboxylic acids is 2. The van der Waals surface area contributed by atoms with Crippen LogP contribution in [0, 0.1) is 12.7 Å². The number of ether oxygens (including phenoxy) is 1. The van der Waals surface area contributed by atoms with Crippen molar-refractivity contribution in [3.8, 4) is 5.75 Å². The van der Waals surface area contributed by atoms with Crippen molar-refractivity contribution in [2.24, 2.45) is 0 Å². The quantitative estimate of drug-likeness (QED) is 0.503. The highest BCUT2D eigenvalue weighted by Gasteiger charge is 2.10. The first-order valence-corrected chi connectivity index (χ1v) is 10.0. The summed E-state index contributed by atoms with van der Waals surface area (Å²) in [5, 5.41) is 10.2. The van der Waals surface area contributed by atoms with E-state index in [2.05, 4.69) is 20.9 Å². The summed E-state index contributed by atoms with van der Waals surface area (Å²) in [6, 6.07) is 11.1. The van der Waals surface area contributed by atoms with Gasteiger partial charge in [-0.15, -0.1) is 11.3 Å². The molecule has 0 saturated heterocycles. The maximum Gasteiger partial charge on any atom is 0.325 e. The number of hydrogen-bond donors (Lipinski definition) is 3. The Hall–Kier alpha value is -3.46. The Bertz CT molecular complexity index is 1040. The Labute approximate surface area is 177 Å². The number of thiazole rings is 1. The van der Waals surface area contributed by atoms with E-state index in [0.717, 1.165) is 0 Å². The number of nitrogens with one attached hydrogen (secondary N) is 3. The monoisotopic (exact) mass is 428 g/mol. The molecule has 3 rings (SSSR count). The van der Waals surface area contributed by atoms with Gasteiger partial charge in [0.1, 0.15) is 11.6 Å². The van der Waals surface area contributed by atoms with E-state index in [4.69, 9.17) is 4.74 Å². The largest absolute Gasteiger partial charge is 0.497 e. The van der Waals surface area contributed by atoms with Crippen molar-refractivity contribution in [2.75, 3.05) is 23.1 Å². The minimum atomic E-state index is -0.416. The van der Waals surface area contributed by atoms with Gasteiger partial charge in [0.15, 0.2) is 5.13 Å². The van der Waals surface area contributed by atoms with Crippen LogP contribution in [0.3, 0.4) is 0 Å². The highest BCUT2D eigenvalue weighted by atomic mass is 32.1. The van der Waals surface area contributed by atoms with Gasteiger partial charge < -0.3 is 15.4 Å². The number of aryl methyl sites for hydroxylation is 2. The maximum atomic E-state index is 13.6. The van der Waals surface area contributed by atoms with Gasteiger partial charge in [-0.2, -0.15) is 0 Å². The zero-order chi connectivity index (χ0) is 21.5. The van der Waals surface area contributed by atoms with Crippen LogP contribution in [-0.4, -0.2) is 24.0 Å². The molecular formula is C21H21FN4O3S. The number of carbonyl (C=O) groups is 2. The number of methoxy groups -OCH3 is 1. The first kappa shape index (κ1) is 21.3. The molecule has 0 fully saturated rings. The van der Waals surface area contributed by atoms with Crippen molar-refractivity contribution < 1.29 is 18.7 Å². The van der Waals surface area contributed by atoms with E-state index < -0.39 is 6.03 Å². The highest BCUT2D eigenvalue weighted by Crippen LogP contribution is 2.19. The summed E-state index contributed by atoms with van der Waals surface area (Å²) in [6.45, 7) is 1.66. The van der Waals surface area contributed by atoms with E-state index in [1.54, 1.807) is 55.8 Å². The van der Waals surface area contributed by atoms with Crippen molar-refractivity contribution >= 4 is 39.8 Å². The minimum Gasteiger partial charge on any atom is -0.497 e. The number of aromatic nitrogens is 1. The molecule has 0 saturated carbocycles. The first-order valence-electron chi connectivity index (χ1n) is 9.15. The predicted molar refractivity (Wildman–Crippen MR) is 116 cm³/mol. The molecule has 0 bridgehead atoms. The third-order valence-corrected chi connectivity index (χ3v) is 4.99. The third kappa shape index (κ3) is 6.02. The van der Waals surface area contributed by atoms with Crippen LogP contribution in [-0.2, 0) is 11.2 Å². The predicted octanol–water partition coefficient (Wildman–Crippen LogP) is 4.81. The molecule has 0 aliphatic rings. The second-order valence-corrected chi connectivity index (χ2v) is 7.32. The van der Waals surface area contributed by atoms with Crippen LogP contribution in [0.2, 0.25) is 0 Å². The summed E-state index contributed by atoms with van der Waals surface area (Å²) < 4.78 is 18.6. The highest BCUT2D eigenvalue weighted by molar-refractivity contribution is 7.13. The normalized spacial score (nSPS) is 10.4. The van der Waals surface area contributed by atoms with Gasteiger partial charge in [-0.05, 0) is 55.3 Å². The Kier molecular flexibility index (Phi) is 6.97. The molecular weight excluding hydrogens is 407 g/mol. The zero-order valence-corrected chi connectivity index (χ0v) is 17.3. The maximum absolute atomic E-state index is 13.6. The van der Waals surface area contributed by atoms with Gasteiger partial charge in [-0.3, -0.25) is 10.1 Å². The average molecular weight is 428 g/mol. The molecule has 9 heteroatoms. The van der Waals surface area contributed by atoms with Crippen molar-refractivity contribution in [3.63, 3.8) is 0 Å². The smallest absolute Gasteiger partial charge is 0.325 e. The Morgan fingerprint density at radius 3 is 2.50 bits per heavy atom. The van der Waals surface area contributed by atoms with Crippen LogP contribution >= 0.6 is 11.3 Å². The molecule has 1 heterocycles. The van der Waals surface area contributed by atoms with Crippen LogP contribution in [0.25, 0.3) is 0 Å². The Morgan fingerprint density at radius 1 is 1.07 bits per heavy atom. The van der Waals surface area contributed by atoms with Crippen LogP contribution in [0.1, 0.15) is 17.7 Å². The molecule has 3 aromatic rings. The minimum absolute atomic E-state index is 0.191. The number of anilines is 3. The second-order valence-electron chi connectivity index (χ2n) is 6.46. The molecule has 0 aliphatic carbocycles. The van der Waals surface area contributed by atoms with Gasteiger partial charge in [-0.25, -0.2) is 14.2 Å². The summed E-state index contributed by atoms with van der Waals surface area (Å²) in [5.41, 5.74) is 2.24. The van der Waals surface area contributed by atoms with Gasteiger partial charge in [0.05, 0.1) is 12.8 Å². The van der Waals surface area contributed by atoms with Crippen molar-refractivity contribution in [1.82, 2.24) is 4.98 Å². The fourth-order valence-electron chi connectivity index (χ4n) is 2.55. The molecule has 3 amide bonds. The zero-order valence-electron chi connectivity index (χ0n) is 16.5. The van der Waals surface area contributed by atoms with E-state index in [1.807, 2.05) is 0 Å². The molecule has 7 nitrogen and oxygen atoms in total. The third-order valence-electron chi connectivity index (χ3n) is 4.18. The lowest BCUT2D eigenvalue weighted by atomic mass is 10.2. The van der Waals surface area contributed by atoms with E-state index in [-0.39, 0.29) is 18.1 Å². The fourth-order valence-corrected chi connectivity index (χ4v) is 3.29. The van der Waals surface area contributed by atoms with Gasteiger partial charge in [-0.1, -0.05) is 6.07 Å². The van der Waals surface area contributed by atoms with Gasteiger partial charge in [0.25, 0.3) is 0 Å². The first-order chi connectivity index (χ1) is 14.4. The number of amides is 3. The molecule has 30 heavy (non-hydrogen) atoms. The fraction of sp³-hybridized carbons (Fsp3) is 0.190. The van der Waals surface area contributed by atoms with Crippen molar-refractivity contribution in [1.29, 1.82) is 0 Å². The number of halogens is 1. The lowest BCUT2D eigenvalue weighted by Crippen LogP contribution is -2.19. The number of rotatable bonds is 7. The summed E-state index contributed by atoms with van der Waals surface area (Å²) >= 11 is 1.27. The number of benzene rings is 2. The van der Waals surface area contributed by atoms with Gasteiger partial charge in [0.2, 0.25) is 5.91 Å². The lowest BCUT2D eigenvalue weighted by molar-refractivity contribution is -0.116. The van der Waals surface area contributed by atoms with E-state index in [1.165, 1.54) is 17.4 Å². The van der Waals surface area contributed by atoms with E-state index in [9.17, 15) is 14.0 Å². The molecule has 156 valence electrons. The topological polar surface area (TPSA) is 92.3 Å². The number of nitrogens with zero attached hydrogens (tertiary/aromatic N) is 1. The van der Waals surface area contributed by atoms with E-state index in [0.29, 0.717) is 39.9 Å². The summed E-state index contributed by atoms with van der Waals surface area (Å²) in [4.78, 5) is 28.5. The summed E-state index contributed by atoms with van der Waals surface area (Å²) in [7, 11) is 1.57. The standard InChI is InChI=1S/C21H21FN4O3S/c1-13-3-4-15(11-18(13)22)23-19(27)10-7-16-12-30-21(25-16)26-20(28)24-14-5-8-17(29-2)9-6-14/h3-6,8-9,11-12H,7,10H2,1-2H3,(H,23,27)(H2,24,25,26,28). The van der Waals surface area contributed by atoms with Gasteiger partial charge in [0, 0.05) is 23.2 Å². The molecule has 0 radical (unpaired) electrons. The van der Waals surface area contributed by atoms with Crippen LogP contribution in [0.15, 0.2) is 47.8 Å². The Morgan fingerprint density at radius 2 is 1.80 bits per heavy atom. The van der Waals surface area contributed by atoms with Crippen LogP contribution in [0.4, 0.5) is 25.7 Å². The second kappa shape index (κ2) is 9.84. The molecule has 0 atom stereocenters. The summed E-state index contributed by atoms with van der Waals surface area (Å²) in [6.07, 6.45) is 0.592. The van der Waals surface area contributed by atoms with Crippen LogP contribution in [0.5, 0.6) is 5.75 Å². The molecule has 0 aliphatic heterocycles. The molecule has 2 aromatic carbocycles. The lowest BCUT2D eigenvalue weighted by Gasteiger charge is -2.06. The van der Waals surface area contributed by atoms with Gasteiger partial charge >= 0.3 is 6.03 Å². The number of urea groups is 1. The number of hydrogen-bond acceptors (Lipinski definition) is 5. The molecule has 3 N–H and O–H groups in total. The van der Waals surface area contributed by atoms with E-state index >= 15 is 0 Å². The summed E-state index contributed by atoms with van der Waals surface area (Å²) in [5.74, 6) is 0.0935. The SMILES string of the molecule is COc1ccc(NC(=O)Nc2nc(CCC(=O)Nc3ccc(C)c(F)c3)cs2)cc1. The molecule has 0 spiro atoms. The molecule has 1 aromatic heterocycles. The van der Waals surface area contributed by atoms with Crippen molar-refractivity contribution in [2.45, 2.75) is 19.8 Å². The Balaban J connectivity index is 1.46. The van der Waals surface area contributed by atoms with Crippen molar-refractivity contribution in [3.05, 3.63) is 64.9 Å². The molecule has 0 unspecified atom stereocenters. The van der Waals surface area contributed by atoms with Crippen LogP contribution < -0.4 is 20.7 Å². The average Bonchev–Trinajstić information content (AvgIpc) is 3.17.